The van der Waals surface area contributed by atoms with E-state index in [9.17, 15) is 17.6 Å². The van der Waals surface area contributed by atoms with Crippen molar-refractivity contribution in [2.45, 2.75) is 16.7 Å². The van der Waals surface area contributed by atoms with Crippen molar-refractivity contribution < 1.29 is 22.3 Å². The summed E-state index contributed by atoms with van der Waals surface area (Å²) in [6.07, 6.45) is -1.55. The number of hydrogen-bond donors (Lipinski definition) is 3. The fourth-order valence-corrected chi connectivity index (χ4v) is 3.91. The first-order valence-electron chi connectivity index (χ1n) is 8.73. The number of aliphatic imine (C=N–C) groups is 2. The Balaban J connectivity index is 2.08. The van der Waals surface area contributed by atoms with E-state index in [1.54, 1.807) is 36.4 Å². The molecule has 2 aromatic rings. The molecule has 4 N–H and O–H groups in total. The lowest BCUT2D eigenvalue weighted by Gasteiger charge is -2.38. The van der Waals surface area contributed by atoms with Crippen molar-refractivity contribution >= 4 is 39.0 Å². The average molecular weight is 433 g/mol. The van der Waals surface area contributed by atoms with E-state index in [4.69, 9.17) is 10.5 Å². The molecule has 1 aliphatic heterocycles. The number of ether oxygens (including phenoxy) is 1. The maximum Gasteiger partial charge on any atom is 0.308 e. The van der Waals surface area contributed by atoms with E-state index in [-0.39, 0.29) is 16.4 Å². The van der Waals surface area contributed by atoms with E-state index in [0.717, 1.165) is 6.26 Å². The molecular formula is C19H20FN5O4S. The molecule has 2 unspecified atom stereocenters. The summed E-state index contributed by atoms with van der Waals surface area (Å²) in [5.41, 5.74) is 4.20. The van der Waals surface area contributed by atoms with E-state index in [1.165, 1.54) is 25.3 Å². The fraction of sp³-hybridized carbons (Fsp3) is 0.211. The quantitative estimate of drug-likeness (QED) is 0.592. The number of nitrogens with one attached hydrogen (secondary N) is 2. The van der Waals surface area contributed by atoms with Crippen LogP contribution < -0.4 is 16.4 Å². The molecule has 0 aromatic heterocycles. The third-order valence-corrected chi connectivity index (χ3v) is 5.63. The Morgan fingerprint density at radius 3 is 2.40 bits per heavy atom. The number of carbonyl (C=O) groups excluding carboxylic acids is 1. The van der Waals surface area contributed by atoms with E-state index in [0.29, 0.717) is 5.69 Å². The van der Waals surface area contributed by atoms with Gasteiger partial charge in [0.25, 0.3) is 5.91 Å². The van der Waals surface area contributed by atoms with E-state index < -0.39 is 33.6 Å². The molecule has 9 nitrogen and oxygen atoms in total. The van der Waals surface area contributed by atoms with Crippen LogP contribution in [0.3, 0.4) is 0 Å². The minimum Gasteiger partial charge on any atom is -0.367 e. The average Bonchev–Trinajstić information content (AvgIpc) is 2.68. The van der Waals surface area contributed by atoms with E-state index in [1.807, 2.05) is 0 Å². The summed E-state index contributed by atoms with van der Waals surface area (Å²) in [5, 5.41) is 5.61. The zero-order valence-electron chi connectivity index (χ0n) is 16.2. The van der Waals surface area contributed by atoms with Crippen LogP contribution in [0.2, 0.25) is 0 Å². The number of sulfone groups is 1. The van der Waals surface area contributed by atoms with Gasteiger partial charge in [-0.05, 0) is 24.3 Å². The van der Waals surface area contributed by atoms with Crippen molar-refractivity contribution in [3.63, 3.8) is 0 Å². The van der Waals surface area contributed by atoms with Gasteiger partial charge in [-0.1, -0.05) is 30.3 Å². The first-order chi connectivity index (χ1) is 14.2. The molecule has 158 valence electrons. The lowest BCUT2D eigenvalue weighted by molar-refractivity contribution is -0.133. The van der Waals surface area contributed by atoms with Gasteiger partial charge in [0.15, 0.2) is 21.8 Å². The van der Waals surface area contributed by atoms with Gasteiger partial charge in [0.05, 0.1) is 10.6 Å². The molecule has 2 aromatic carbocycles. The number of methoxy groups -OCH3 is 1. The van der Waals surface area contributed by atoms with Crippen LogP contribution in [0.15, 0.2) is 69.5 Å². The van der Waals surface area contributed by atoms with Crippen molar-refractivity contribution in [1.29, 1.82) is 0 Å². The van der Waals surface area contributed by atoms with Gasteiger partial charge in [-0.2, -0.15) is 9.38 Å². The third kappa shape index (κ3) is 4.02. The molecule has 0 fully saturated rings. The van der Waals surface area contributed by atoms with Crippen LogP contribution in [0.4, 0.5) is 15.8 Å². The van der Waals surface area contributed by atoms with Crippen molar-refractivity contribution in [1.82, 2.24) is 0 Å². The number of halogens is 1. The summed E-state index contributed by atoms with van der Waals surface area (Å²) in [6, 6.07) is 14.5. The van der Waals surface area contributed by atoms with E-state index in [2.05, 4.69) is 20.6 Å². The van der Waals surface area contributed by atoms with Gasteiger partial charge in [-0.25, -0.2) is 13.4 Å². The molecule has 0 bridgehead atoms. The maximum absolute atomic E-state index is 14.3. The Morgan fingerprint density at radius 1 is 1.17 bits per heavy atom. The van der Waals surface area contributed by atoms with Gasteiger partial charge >= 0.3 is 6.09 Å². The molecule has 0 spiro atoms. The topological polar surface area (TPSA) is 135 Å². The Labute approximate surface area is 172 Å². The van der Waals surface area contributed by atoms with Crippen molar-refractivity contribution in [2.75, 3.05) is 24.0 Å². The number of nitrogens with two attached hydrogens (primary N) is 1. The monoisotopic (exact) mass is 433 g/mol. The normalized spacial score (nSPS) is 21.4. The highest BCUT2D eigenvalue weighted by Gasteiger charge is 2.53. The summed E-state index contributed by atoms with van der Waals surface area (Å²) >= 11 is 0. The van der Waals surface area contributed by atoms with Gasteiger partial charge in [0.1, 0.15) is 0 Å². The number of nitrogens with zero attached hydrogens (tertiary/aromatic N) is 2. The SMILES string of the molecule is COC1(C(N)=O)C(Nc2ccccc2)=NC(F)=NC1Nc1ccccc1S(C)(=O)=O. The van der Waals surface area contributed by atoms with E-state index >= 15 is 0 Å². The molecule has 30 heavy (non-hydrogen) atoms. The molecular weight excluding hydrogens is 413 g/mol. The number of primary amides is 1. The van der Waals surface area contributed by atoms with Gasteiger partial charge in [-0.15, -0.1) is 0 Å². The second-order valence-corrected chi connectivity index (χ2v) is 8.45. The molecule has 2 atom stereocenters. The number of hydrogen-bond acceptors (Lipinski definition) is 8. The summed E-state index contributed by atoms with van der Waals surface area (Å²) in [6.45, 7) is 0. The first kappa shape index (κ1) is 21.4. The Hall–Kier alpha value is -3.31. The molecule has 1 heterocycles. The predicted molar refractivity (Wildman–Crippen MR) is 112 cm³/mol. The Morgan fingerprint density at radius 2 is 1.80 bits per heavy atom. The fourth-order valence-electron chi connectivity index (χ4n) is 3.06. The lowest BCUT2D eigenvalue weighted by atomic mass is 9.95. The smallest absolute Gasteiger partial charge is 0.308 e. The molecule has 1 aliphatic rings. The van der Waals surface area contributed by atoms with Gasteiger partial charge < -0.3 is 21.1 Å². The molecule has 0 aliphatic carbocycles. The van der Waals surface area contributed by atoms with Gasteiger partial charge in [-0.3, -0.25) is 4.79 Å². The van der Waals surface area contributed by atoms with Crippen LogP contribution >= 0.6 is 0 Å². The van der Waals surface area contributed by atoms with Crippen LogP contribution in [0.25, 0.3) is 0 Å². The number of rotatable bonds is 6. The number of carbonyl (C=O) groups is 1. The van der Waals surface area contributed by atoms with Crippen molar-refractivity contribution in [3.05, 3.63) is 54.6 Å². The standard InChI is InChI=1S/C19H20FN5O4S/c1-29-19(15(21)26)16(22-12-8-4-3-5-9-12)24-18(20)25-17(19)23-13-10-6-7-11-14(13)30(2,27)28/h3-11,17,23H,1-2H3,(H2,21,26)(H,22,24,25). The number of amides is 1. The van der Waals surface area contributed by atoms with Crippen LogP contribution in [-0.2, 0) is 19.4 Å². The maximum atomic E-state index is 14.3. The van der Waals surface area contributed by atoms with Gasteiger partial charge in [0, 0.05) is 19.1 Å². The minimum atomic E-state index is -3.63. The van der Waals surface area contributed by atoms with Crippen LogP contribution in [0.1, 0.15) is 0 Å². The van der Waals surface area contributed by atoms with Crippen LogP contribution in [-0.4, -0.2) is 51.4 Å². The molecule has 0 radical (unpaired) electrons. The number of benzene rings is 2. The summed E-state index contributed by atoms with van der Waals surface area (Å²) < 4.78 is 44.0. The number of para-hydroxylation sites is 2. The lowest BCUT2D eigenvalue weighted by Crippen LogP contribution is -2.65. The second-order valence-electron chi connectivity index (χ2n) is 6.47. The third-order valence-electron chi connectivity index (χ3n) is 4.48. The Bertz CT molecular complexity index is 1120. The first-order valence-corrected chi connectivity index (χ1v) is 10.6. The highest BCUT2D eigenvalue weighted by atomic mass is 32.2. The molecule has 0 saturated heterocycles. The van der Waals surface area contributed by atoms with Crippen molar-refractivity contribution in [3.8, 4) is 0 Å². The zero-order chi connectivity index (χ0) is 21.9. The molecule has 11 heteroatoms. The number of amidine groups is 2. The van der Waals surface area contributed by atoms with Gasteiger partial charge in [0.2, 0.25) is 5.60 Å². The molecule has 0 saturated carbocycles. The highest BCUT2D eigenvalue weighted by molar-refractivity contribution is 7.90. The van der Waals surface area contributed by atoms with Crippen LogP contribution in [0, 0.1) is 0 Å². The largest absolute Gasteiger partial charge is 0.367 e. The molecule has 3 rings (SSSR count). The Kier molecular flexibility index (Phi) is 5.85. The van der Waals surface area contributed by atoms with Crippen molar-refractivity contribution in [2.24, 2.45) is 15.7 Å². The van der Waals surface area contributed by atoms with Crippen LogP contribution in [0.5, 0.6) is 0 Å². The zero-order valence-corrected chi connectivity index (χ0v) is 17.0. The molecule has 1 amide bonds. The second kappa shape index (κ2) is 8.20. The summed E-state index contributed by atoms with van der Waals surface area (Å²) in [7, 11) is -2.43. The highest BCUT2D eigenvalue weighted by Crippen LogP contribution is 2.30. The minimum absolute atomic E-state index is 0.0600. The summed E-state index contributed by atoms with van der Waals surface area (Å²) in [4.78, 5) is 19.9. The summed E-state index contributed by atoms with van der Waals surface area (Å²) in [5.74, 6) is -1.23. The predicted octanol–water partition coefficient (Wildman–Crippen LogP) is 1.55. The number of anilines is 2.